The van der Waals surface area contributed by atoms with Gasteiger partial charge in [0.15, 0.2) is 0 Å². The van der Waals surface area contributed by atoms with Crippen LogP contribution in [0.3, 0.4) is 0 Å². The van der Waals surface area contributed by atoms with E-state index in [9.17, 15) is 21.6 Å². The van der Waals surface area contributed by atoms with Crippen molar-refractivity contribution in [3.63, 3.8) is 0 Å². The van der Waals surface area contributed by atoms with Crippen LogP contribution in [0.15, 0.2) is 58.3 Å². The van der Waals surface area contributed by atoms with Crippen LogP contribution in [0.4, 0.5) is 0 Å². The van der Waals surface area contributed by atoms with Gasteiger partial charge in [-0.1, -0.05) is 18.6 Å². The van der Waals surface area contributed by atoms with Gasteiger partial charge in [-0.05, 0) is 61.7 Å². The van der Waals surface area contributed by atoms with Crippen LogP contribution in [-0.4, -0.2) is 64.6 Å². The zero-order chi connectivity index (χ0) is 24.8. The lowest BCUT2D eigenvalue weighted by molar-refractivity contribution is -0.121. The number of rotatable bonds is 10. The van der Waals surface area contributed by atoms with Crippen LogP contribution < -0.4 is 10.1 Å². The lowest BCUT2D eigenvalue weighted by atomic mass is 10.2. The van der Waals surface area contributed by atoms with Crippen LogP contribution in [0.25, 0.3) is 0 Å². The fourth-order valence-corrected chi connectivity index (χ4v) is 6.28. The Morgan fingerprint density at radius 3 is 2.12 bits per heavy atom. The number of amides is 1. The van der Waals surface area contributed by atoms with E-state index in [-0.39, 0.29) is 22.9 Å². The molecule has 186 valence electrons. The molecule has 1 fully saturated rings. The first-order valence-corrected chi connectivity index (χ1v) is 14.1. The number of piperidine rings is 1. The van der Waals surface area contributed by atoms with E-state index in [2.05, 4.69) is 5.32 Å². The summed E-state index contributed by atoms with van der Waals surface area (Å²) in [7, 11) is -6.01. The molecule has 0 radical (unpaired) electrons. The third-order valence-electron chi connectivity index (χ3n) is 5.58. The minimum atomic E-state index is -3.84. The number of benzene rings is 2. The van der Waals surface area contributed by atoms with E-state index in [1.165, 1.54) is 35.6 Å². The first kappa shape index (κ1) is 26.1. The topological polar surface area (TPSA) is 113 Å². The largest absolute Gasteiger partial charge is 0.494 e. The number of carbonyl (C=O) groups is 1. The SMILES string of the molecule is CCOc1ccc(S(=O)(=O)N(C)CC(=O)NCc2ccc(S(=O)(=O)N3CCCCC3)cc2)cc1. The van der Waals surface area contributed by atoms with Crippen molar-refractivity contribution in [2.45, 2.75) is 42.5 Å². The van der Waals surface area contributed by atoms with Crippen molar-refractivity contribution in [3.8, 4) is 5.75 Å². The van der Waals surface area contributed by atoms with E-state index in [0.717, 1.165) is 23.6 Å². The van der Waals surface area contributed by atoms with Crippen molar-refractivity contribution < 1.29 is 26.4 Å². The Balaban J connectivity index is 1.55. The number of nitrogens with one attached hydrogen (secondary N) is 1. The highest BCUT2D eigenvalue weighted by atomic mass is 32.2. The van der Waals surface area contributed by atoms with Gasteiger partial charge in [0.05, 0.1) is 22.9 Å². The van der Waals surface area contributed by atoms with Crippen LogP contribution in [0.5, 0.6) is 5.75 Å². The molecule has 0 aromatic heterocycles. The van der Waals surface area contributed by atoms with Crippen molar-refractivity contribution >= 4 is 26.0 Å². The van der Waals surface area contributed by atoms with E-state index in [0.29, 0.717) is 31.0 Å². The second kappa shape index (κ2) is 11.3. The summed E-state index contributed by atoms with van der Waals surface area (Å²) in [6, 6.07) is 12.4. The Kier molecular flexibility index (Phi) is 8.69. The smallest absolute Gasteiger partial charge is 0.243 e. The van der Waals surface area contributed by atoms with Gasteiger partial charge < -0.3 is 10.1 Å². The van der Waals surface area contributed by atoms with Crippen molar-refractivity contribution in [3.05, 3.63) is 54.1 Å². The van der Waals surface area contributed by atoms with E-state index < -0.39 is 26.0 Å². The molecule has 3 rings (SSSR count). The normalized spacial score (nSPS) is 15.3. The van der Waals surface area contributed by atoms with Gasteiger partial charge in [0.2, 0.25) is 26.0 Å². The number of hydrogen-bond acceptors (Lipinski definition) is 6. The fourth-order valence-electron chi connectivity index (χ4n) is 3.63. The molecule has 0 aliphatic carbocycles. The monoisotopic (exact) mass is 509 g/mol. The summed E-state index contributed by atoms with van der Waals surface area (Å²) in [5, 5.41) is 2.68. The molecule has 1 saturated heterocycles. The molecule has 34 heavy (non-hydrogen) atoms. The highest BCUT2D eigenvalue weighted by Gasteiger charge is 2.26. The Bertz CT molecular complexity index is 1170. The number of likely N-dealkylation sites (N-methyl/N-ethyl adjacent to an activating group) is 1. The molecule has 0 spiro atoms. The van der Waals surface area contributed by atoms with Gasteiger partial charge in [-0.25, -0.2) is 16.8 Å². The number of ether oxygens (including phenoxy) is 1. The van der Waals surface area contributed by atoms with Gasteiger partial charge >= 0.3 is 0 Å². The molecule has 9 nitrogen and oxygen atoms in total. The zero-order valence-electron chi connectivity index (χ0n) is 19.4. The van der Waals surface area contributed by atoms with Gasteiger partial charge in [-0.2, -0.15) is 8.61 Å². The number of sulfonamides is 2. The summed E-state index contributed by atoms with van der Waals surface area (Å²) in [5.41, 5.74) is 0.711. The lowest BCUT2D eigenvalue weighted by Gasteiger charge is -2.25. The maximum absolute atomic E-state index is 12.7. The lowest BCUT2D eigenvalue weighted by Crippen LogP contribution is -2.38. The molecule has 0 atom stereocenters. The second-order valence-corrected chi connectivity index (χ2v) is 12.0. The molecule has 0 unspecified atom stereocenters. The van der Waals surface area contributed by atoms with Crippen molar-refractivity contribution in [1.82, 2.24) is 13.9 Å². The molecular weight excluding hydrogens is 478 g/mol. The van der Waals surface area contributed by atoms with Crippen molar-refractivity contribution in [2.24, 2.45) is 0 Å². The van der Waals surface area contributed by atoms with E-state index in [1.807, 2.05) is 6.92 Å². The predicted molar refractivity (Wildman–Crippen MR) is 128 cm³/mol. The van der Waals surface area contributed by atoms with Crippen LogP contribution in [0.1, 0.15) is 31.7 Å². The van der Waals surface area contributed by atoms with Gasteiger partial charge in [0.1, 0.15) is 5.75 Å². The Morgan fingerprint density at radius 2 is 1.53 bits per heavy atom. The highest BCUT2D eigenvalue weighted by molar-refractivity contribution is 7.89. The molecule has 1 heterocycles. The summed E-state index contributed by atoms with van der Waals surface area (Å²) < 4.78 is 58.7. The van der Waals surface area contributed by atoms with Crippen molar-refractivity contribution in [2.75, 3.05) is 33.3 Å². The molecule has 11 heteroatoms. The summed E-state index contributed by atoms with van der Waals surface area (Å²) in [6.45, 7) is 3.18. The van der Waals surface area contributed by atoms with Gasteiger partial charge in [0.25, 0.3) is 0 Å². The van der Waals surface area contributed by atoms with Crippen LogP contribution in [0.2, 0.25) is 0 Å². The summed E-state index contributed by atoms with van der Waals surface area (Å²) in [5.74, 6) is 0.0959. The van der Waals surface area contributed by atoms with Crippen LogP contribution >= 0.6 is 0 Å². The average Bonchev–Trinajstić information content (AvgIpc) is 2.84. The van der Waals surface area contributed by atoms with E-state index in [4.69, 9.17) is 4.74 Å². The van der Waals surface area contributed by atoms with Crippen LogP contribution in [-0.2, 0) is 31.4 Å². The Labute approximate surface area is 201 Å². The fraction of sp³-hybridized carbons (Fsp3) is 0.435. The third-order valence-corrected chi connectivity index (χ3v) is 9.31. The third kappa shape index (κ3) is 6.35. The van der Waals surface area contributed by atoms with E-state index >= 15 is 0 Å². The summed E-state index contributed by atoms with van der Waals surface area (Å²) in [6.07, 6.45) is 2.78. The standard InChI is InChI=1S/C23H31N3O6S2/c1-3-32-20-9-13-21(14-10-20)33(28,29)25(2)18-23(27)24-17-19-7-11-22(12-8-19)34(30,31)26-15-5-4-6-16-26/h7-14H,3-6,15-18H2,1-2H3,(H,24,27). The number of carbonyl (C=O) groups excluding carboxylic acids is 1. The second-order valence-electron chi connectivity index (χ2n) is 8.05. The summed E-state index contributed by atoms with van der Waals surface area (Å²) in [4.78, 5) is 12.6. The Hall–Kier alpha value is -2.47. The molecule has 1 aliphatic heterocycles. The van der Waals surface area contributed by atoms with Gasteiger partial charge in [-0.15, -0.1) is 0 Å². The molecule has 2 aromatic rings. The first-order chi connectivity index (χ1) is 16.1. The molecule has 2 aromatic carbocycles. The maximum Gasteiger partial charge on any atom is 0.243 e. The first-order valence-electron chi connectivity index (χ1n) is 11.2. The minimum Gasteiger partial charge on any atom is -0.494 e. The maximum atomic E-state index is 12.7. The van der Waals surface area contributed by atoms with E-state index in [1.54, 1.807) is 24.3 Å². The molecule has 0 bridgehead atoms. The molecule has 1 N–H and O–H groups in total. The number of hydrogen-bond donors (Lipinski definition) is 1. The number of nitrogens with zero attached hydrogens (tertiary/aromatic N) is 2. The Morgan fingerprint density at radius 1 is 0.941 bits per heavy atom. The van der Waals surface area contributed by atoms with Crippen molar-refractivity contribution in [1.29, 1.82) is 0 Å². The quantitative estimate of drug-likeness (QED) is 0.525. The average molecular weight is 510 g/mol. The van der Waals surface area contributed by atoms with Gasteiger partial charge in [0, 0.05) is 26.7 Å². The zero-order valence-corrected chi connectivity index (χ0v) is 21.1. The molecular formula is C23H31N3O6S2. The highest BCUT2D eigenvalue weighted by Crippen LogP contribution is 2.21. The summed E-state index contributed by atoms with van der Waals surface area (Å²) >= 11 is 0. The minimum absolute atomic E-state index is 0.0664. The molecule has 1 amide bonds. The predicted octanol–water partition coefficient (Wildman–Crippen LogP) is 2.20. The van der Waals surface area contributed by atoms with Crippen LogP contribution in [0, 0.1) is 0 Å². The van der Waals surface area contributed by atoms with Gasteiger partial charge in [-0.3, -0.25) is 4.79 Å². The molecule has 1 aliphatic rings. The molecule has 0 saturated carbocycles.